The first-order chi connectivity index (χ1) is 9.41. The molecule has 0 atom stereocenters. The number of anilines is 2. The summed E-state index contributed by atoms with van der Waals surface area (Å²) in [7, 11) is 0. The molecule has 1 amide bonds. The molecular weight excluding hydrogens is 277 g/mol. The minimum Gasteiger partial charge on any atom is -0.363 e. The third-order valence-electron chi connectivity index (χ3n) is 2.43. The Bertz CT molecular complexity index is 611. The number of nitrogens with one attached hydrogen (secondary N) is 2. The van der Waals surface area contributed by atoms with Crippen molar-refractivity contribution >= 4 is 17.4 Å². The van der Waals surface area contributed by atoms with Crippen molar-refractivity contribution in [3.8, 4) is 0 Å². The summed E-state index contributed by atoms with van der Waals surface area (Å²) in [5.74, 6) is 4.46. The SMILES string of the molecule is NNc1ccc(C(F)(F)F)cc1C(=O)Nc1ccon1. The van der Waals surface area contributed by atoms with E-state index in [9.17, 15) is 18.0 Å². The third kappa shape index (κ3) is 2.88. The zero-order valence-electron chi connectivity index (χ0n) is 9.86. The number of rotatable bonds is 3. The predicted molar refractivity (Wildman–Crippen MR) is 63.7 cm³/mol. The Kier molecular flexibility index (Phi) is 3.61. The summed E-state index contributed by atoms with van der Waals surface area (Å²) in [6, 6.07) is 3.94. The second kappa shape index (κ2) is 5.21. The van der Waals surface area contributed by atoms with Gasteiger partial charge in [0.1, 0.15) is 6.26 Å². The number of hydrogen-bond donors (Lipinski definition) is 3. The summed E-state index contributed by atoms with van der Waals surface area (Å²) in [6.45, 7) is 0. The number of nitrogens with zero attached hydrogens (tertiary/aromatic N) is 1. The summed E-state index contributed by atoms with van der Waals surface area (Å²) < 4.78 is 42.4. The molecule has 0 unspecified atom stereocenters. The molecule has 0 aliphatic carbocycles. The van der Waals surface area contributed by atoms with Gasteiger partial charge in [0.2, 0.25) is 0 Å². The largest absolute Gasteiger partial charge is 0.416 e. The van der Waals surface area contributed by atoms with Crippen LogP contribution >= 0.6 is 0 Å². The number of hydrogen-bond acceptors (Lipinski definition) is 5. The Morgan fingerprint density at radius 2 is 2.05 bits per heavy atom. The van der Waals surface area contributed by atoms with E-state index in [-0.39, 0.29) is 17.1 Å². The number of amides is 1. The van der Waals surface area contributed by atoms with E-state index in [1.165, 1.54) is 12.3 Å². The summed E-state index contributed by atoms with van der Waals surface area (Å²) in [4.78, 5) is 11.9. The number of carbonyl (C=O) groups is 1. The molecule has 0 saturated heterocycles. The first kappa shape index (κ1) is 13.9. The number of benzene rings is 1. The highest BCUT2D eigenvalue weighted by Crippen LogP contribution is 2.31. The van der Waals surface area contributed by atoms with E-state index in [2.05, 4.69) is 20.4 Å². The molecule has 1 aromatic heterocycles. The lowest BCUT2D eigenvalue weighted by molar-refractivity contribution is -0.137. The Hall–Kier alpha value is -2.55. The van der Waals surface area contributed by atoms with Crippen molar-refractivity contribution in [3.05, 3.63) is 41.7 Å². The molecule has 0 aliphatic rings. The fraction of sp³-hybridized carbons (Fsp3) is 0.0909. The molecule has 0 saturated carbocycles. The monoisotopic (exact) mass is 286 g/mol. The van der Waals surface area contributed by atoms with Gasteiger partial charge >= 0.3 is 6.18 Å². The maximum absolute atomic E-state index is 12.6. The van der Waals surface area contributed by atoms with E-state index >= 15 is 0 Å². The lowest BCUT2D eigenvalue weighted by Crippen LogP contribution is -2.19. The highest BCUT2D eigenvalue weighted by Gasteiger charge is 2.31. The molecule has 1 heterocycles. The molecule has 0 radical (unpaired) electrons. The fourth-order valence-electron chi connectivity index (χ4n) is 1.49. The quantitative estimate of drug-likeness (QED) is 0.594. The Morgan fingerprint density at radius 3 is 2.60 bits per heavy atom. The van der Waals surface area contributed by atoms with Crippen LogP contribution in [-0.4, -0.2) is 11.1 Å². The Labute approximate surface area is 110 Å². The summed E-state index contributed by atoms with van der Waals surface area (Å²) in [5, 5.41) is 5.71. The van der Waals surface area contributed by atoms with Crippen molar-refractivity contribution in [2.75, 3.05) is 10.7 Å². The molecule has 9 heteroatoms. The molecule has 1 aromatic carbocycles. The third-order valence-corrected chi connectivity index (χ3v) is 2.43. The van der Waals surface area contributed by atoms with Crippen LogP contribution in [0, 0.1) is 0 Å². The Morgan fingerprint density at radius 1 is 1.30 bits per heavy atom. The van der Waals surface area contributed by atoms with Crippen LogP contribution in [-0.2, 0) is 6.18 Å². The van der Waals surface area contributed by atoms with Crippen molar-refractivity contribution in [3.63, 3.8) is 0 Å². The van der Waals surface area contributed by atoms with E-state index in [0.29, 0.717) is 6.07 Å². The maximum Gasteiger partial charge on any atom is 0.416 e. The van der Waals surface area contributed by atoms with E-state index in [0.717, 1.165) is 12.1 Å². The topological polar surface area (TPSA) is 93.2 Å². The minimum atomic E-state index is -4.56. The minimum absolute atomic E-state index is 0.0546. The summed E-state index contributed by atoms with van der Waals surface area (Å²) >= 11 is 0. The number of alkyl halides is 3. The molecular formula is C11H9F3N4O2. The highest BCUT2D eigenvalue weighted by molar-refractivity contribution is 6.07. The normalized spacial score (nSPS) is 11.2. The van der Waals surface area contributed by atoms with Gasteiger partial charge in [-0.05, 0) is 18.2 Å². The first-order valence-corrected chi connectivity index (χ1v) is 5.31. The average molecular weight is 286 g/mol. The van der Waals surface area contributed by atoms with Gasteiger partial charge in [0.25, 0.3) is 5.91 Å². The molecule has 2 rings (SSSR count). The highest BCUT2D eigenvalue weighted by atomic mass is 19.4. The lowest BCUT2D eigenvalue weighted by atomic mass is 10.1. The molecule has 0 spiro atoms. The summed E-state index contributed by atoms with van der Waals surface area (Å²) in [5.41, 5.74) is 1.00. The van der Waals surface area contributed by atoms with Gasteiger partial charge in [0.05, 0.1) is 16.8 Å². The maximum atomic E-state index is 12.6. The van der Waals surface area contributed by atoms with Crippen LogP contribution in [0.5, 0.6) is 0 Å². The fourth-order valence-corrected chi connectivity index (χ4v) is 1.49. The number of hydrazine groups is 1. The van der Waals surface area contributed by atoms with E-state index in [4.69, 9.17) is 5.84 Å². The molecule has 0 aliphatic heterocycles. The van der Waals surface area contributed by atoms with E-state index in [1.807, 2.05) is 0 Å². The standard InChI is InChI=1S/C11H9F3N4O2/c12-11(13,14)6-1-2-8(17-15)7(5-6)10(19)16-9-3-4-20-18-9/h1-5,17H,15H2,(H,16,18,19). The van der Waals surface area contributed by atoms with Gasteiger partial charge < -0.3 is 15.3 Å². The zero-order valence-corrected chi connectivity index (χ0v) is 9.86. The van der Waals surface area contributed by atoms with Gasteiger partial charge in [-0.15, -0.1) is 0 Å². The van der Waals surface area contributed by atoms with Crippen molar-refractivity contribution in [2.24, 2.45) is 5.84 Å². The second-order valence-corrected chi connectivity index (χ2v) is 3.74. The van der Waals surface area contributed by atoms with Crippen LogP contribution < -0.4 is 16.6 Å². The molecule has 2 aromatic rings. The first-order valence-electron chi connectivity index (χ1n) is 5.31. The van der Waals surface area contributed by atoms with E-state index < -0.39 is 17.6 Å². The van der Waals surface area contributed by atoms with E-state index in [1.54, 1.807) is 0 Å². The molecule has 106 valence electrons. The second-order valence-electron chi connectivity index (χ2n) is 3.74. The number of nitrogen functional groups attached to an aromatic ring is 1. The number of nitrogens with two attached hydrogens (primary N) is 1. The molecule has 0 fully saturated rings. The van der Waals surface area contributed by atoms with Crippen LogP contribution in [0.25, 0.3) is 0 Å². The molecule has 4 N–H and O–H groups in total. The van der Waals surface area contributed by atoms with Gasteiger partial charge in [-0.3, -0.25) is 10.6 Å². The van der Waals surface area contributed by atoms with Gasteiger partial charge in [0.15, 0.2) is 5.82 Å². The predicted octanol–water partition coefficient (Wildman–Crippen LogP) is 2.23. The molecule has 6 nitrogen and oxygen atoms in total. The van der Waals surface area contributed by atoms with Crippen LogP contribution in [0.2, 0.25) is 0 Å². The van der Waals surface area contributed by atoms with Gasteiger partial charge in [-0.25, -0.2) is 0 Å². The van der Waals surface area contributed by atoms with Crippen LogP contribution in [0.3, 0.4) is 0 Å². The summed E-state index contributed by atoms with van der Waals surface area (Å²) in [6.07, 6.45) is -3.35. The molecule has 0 bridgehead atoms. The lowest BCUT2D eigenvalue weighted by Gasteiger charge is -2.12. The van der Waals surface area contributed by atoms with Gasteiger partial charge in [-0.1, -0.05) is 5.16 Å². The number of aromatic nitrogens is 1. The smallest absolute Gasteiger partial charge is 0.363 e. The number of halogens is 3. The van der Waals surface area contributed by atoms with Crippen molar-refractivity contribution < 1.29 is 22.5 Å². The van der Waals surface area contributed by atoms with Crippen molar-refractivity contribution in [1.82, 2.24) is 5.16 Å². The van der Waals surface area contributed by atoms with Crippen LogP contribution in [0.4, 0.5) is 24.7 Å². The Balaban J connectivity index is 2.35. The van der Waals surface area contributed by atoms with Gasteiger partial charge in [0, 0.05) is 6.07 Å². The molecule has 20 heavy (non-hydrogen) atoms. The zero-order chi connectivity index (χ0) is 14.8. The van der Waals surface area contributed by atoms with Gasteiger partial charge in [-0.2, -0.15) is 13.2 Å². The van der Waals surface area contributed by atoms with Crippen molar-refractivity contribution in [1.29, 1.82) is 0 Å². The van der Waals surface area contributed by atoms with Crippen molar-refractivity contribution in [2.45, 2.75) is 6.18 Å². The van der Waals surface area contributed by atoms with Crippen LogP contribution in [0.1, 0.15) is 15.9 Å². The number of carbonyl (C=O) groups excluding carboxylic acids is 1. The average Bonchev–Trinajstić information content (AvgIpc) is 2.89. The van der Waals surface area contributed by atoms with Crippen LogP contribution in [0.15, 0.2) is 35.1 Å².